The summed E-state index contributed by atoms with van der Waals surface area (Å²) in [7, 11) is 0. The van der Waals surface area contributed by atoms with Crippen LogP contribution in [0, 0.1) is 6.92 Å². The van der Waals surface area contributed by atoms with Crippen LogP contribution in [0.15, 0.2) is 11.2 Å². The van der Waals surface area contributed by atoms with Crippen LogP contribution in [0.5, 0.6) is 0 Å². The van der Waals surface area contributed by atoms with Gasteiger partial charge in [0, 0.05) is 17.5 Å². The molecular weight excluding hydrogens is 170 g/mol. The number of hydrogen-bond donors (Lipinski definition) is 1. The molecule has 4 heteroatoms. The van der Waals surface area contributed by atoms with Crippen LogP contribution in [0.3, 0.4) is 0 Å². The fraction of sp³-hybridized carbons (Fsp3) is 0.500. The van der Waals surface area contributed by atoms with Gasteiger partial charge in [0.25, 0.3) is 0 Å². The van der Waals surface area contributed by atoms with Gasteiger partial charge >= 0.3 is 0 Å². The largest absolute Gasteiger partial charge is 0.387 e. The third kappa shape index (κ3) is 2.62. The normalized spacial score (nSPS) is 12.0. The van der Waals surface area contributed by atoms with Crippen molar-refractivity contribution in [3.05, 3.63) is 16.1 Å². The van der Waals surface area contributed by atoms with Gasteiger partial charge in [-0.1, -0.05) is 6.92 Å². The van der Waals surface area contributed by atoms with E-state index in [4.69, 9.17) is 5.73 Å². The van der Waals surface area contributed by atoms with Crippen LogP contribution in [-0.2, 0) is 6.54 Å². The van der Waals surface area contributed by atoms with Gasteiger partial charge < -0.3 is 5.73 Å². The van der Waals surface area contributed by atoms with Crippen molar-refractivity contribution >= 4 is 17.2 Å². The van der Waals surface area contributed by atoms with E-state index in [9.17, 15) is 0 Å². The lowest BCUT2D eigenvalue weighted by Gasteiger charge is -1.92. The molecule has 0 radical (unpaired) electrons. The van der Waals surface area contributed by atoms with Gasteiger partial charge in [-0.15, -0.1) is 11.3 Å². The Balaban J connectivity index is 2.53. The lowest BCUT2D eigenvalue weighted by Crippen LogP contribution is -2.09. The van der Waals surface area contributed by atoms with Crippen LogP contribution >= 0.6 is 11.3 Å². The minimum Gasteiger partial charge on any atom is -0.387 e. The van der Waals surface area contributed by atoms with E-state index < -0.39 is 0 Å². The molecule has 0 aliphatic rings. The van der Waals surface area contributed by atoms with Crippen molar-refractivity contribution in [2.24, 2.45) is 10.7 Å². The topological polar surface area (TPSA) is 51.3 Å². The summed E-state index contributed by atoms with van der Waals surface area (Å²) in [6.07, 6.45) is 2.67. The molecule has 3 nitrogen and oxygen atoms in total. The Morgan fingerprint density at radius 2 is 2.50 bits per heavy atom. The van der Waals surface area contributed by atoms with Crippen molar-refractivity contribution in [1.29, 1.82) is 0 Å². The minimum absolute atomic E-state index is 0.672. The zero-order valence-corrected chi connectivity index (χ0v) is 8.19. The lowest BCUT2D eigenvalue weighted by molar-refractivity contribution is 1.06. The number of aromatic nitrogens is 1. The second kappa shape index (κ2) is 4.21. The van der Waals surface area contributed by atoms with Crippen LogP contribution in [-0.4, -0.2) is 10.8 Å². The number of aryl methyl sites for hydroxylation is 1. The summed E-state index contributed by atoms with van der Waals surface area (Å²) in [4.78, 5) is 9.49. The van der Waals surface area contributed by atoms with Gasteiger partial charge in [-0.05, 0) is 6.92 Å². The molecule has 0 aliphatic heterocycles. The second-order valence-electron chi connectivity index (χ2n) is 2.51. The molecule has 1 aromatic heterocycles. The SMILES string of the molecule is CCC(N)=NCc1cnc(C)s1. The summed E-state index contributed by atoms with van der Waals surface area (Å²) >= 11 is 1.67. The fourth-order valence-electron chi connectivity index (χ4n) is 0.770. The lowest BCUT2D eigenvalue weighted by atomic mass is 10.4. The van der Waals surface area contributed by atoms with Gasteiger partial charge in [-0.25, -0.2) is 4.98 Å². The molecule has 0 unspecified atom stereocenters. The second-order valence-corrected chi connectivity index (χ2v) is 3.83. The van der Waals surface area contributed by atoms with E-state index in [0.717, 1.165) is 11.4 Å². The minimum atomic E-state index is 0.672. The molecule has 0 saturated heterocycles. The molecule has 0 aliphatic carbocycles. The zero-order chi connectivity index (χ0) is 8.97. The average molecular weight is 183 g/mol. The first kappa shape index (κ1) is 9.19. The maximum absolute atomic E-state index is 5.56. The Morgan fingerprint density at radius 1 is 1.75 bits per heavy atom. The Labute approximate surface area is 76.4 Å². The van der Waals surface area contributed by atoms with Crippen LogP contribution < -0.4 is 5.73 Å². The highest BCUT2D eigenvalue weighted by atomic mass is 32.1. The maximum atomic E-state index is 5.56. The molecule has 0 atom stereocenters. The number of hydrogen-bond acceptors (Lipinski definition) is 3. The molecule has 0 bridgehead atoms. The number of rotatable bonds is 3. The van der Waals surface area contributed by atoms with Gasteiger partial charge in [0.2, 0.25) is 0 Å². The van der Waals surface area contributed by atoms with E-state index in [-0.39, 0.29) is 0 Å². The van der Waals surface area contributed by atoms with Crippen molar-refractivity contribution in [3.63, 3.8) is 0 Å². The van der Waals surface area contributed by atoms with E-state index >= 15 is 0 Å². The van der Waals surface area contributed by atoms with Crippen LogP contribution in [0.25, 0.3) is 0 Å². The van der Waals surface area contributed by atoms with Gasteiger partial charge in [-0.3, -0.25) is 4.99 Å². The number of nitrogens with two attached hydrogens (primary N) is 1. The van der Waals surface area contributed by atoms with Crippen molar-refractivity contribution in [2.75, 3.05) is 0 Å². The van der Waals surface area contributed by atoms with E-state index in [0.29, 0.717) is 12.4 Å². The molecule has 2 N–H and O–H groups in total. The quantitative estimate of drug-likeness (QED) is 0.573. The fourth-order valence-corrected chi connectivity index (χ4v) is 1.49. The monoisotopic (exact) mass is 183 g/mol. The highest BCUT2D eigenvalue weighted by Gasteiger charge is 1.95. The molecule has 1 rings (SSSR count). The molecule has 0 aromatic carbocycles. The molecular formula is C8H13N3S. The molecule has 0 saturated carbocycles. The Hall–Kier alpha value is -0.900. The first-order chi connectivity index (χ1) is 5.72. The zero-order valence-electron chi connectivity index (χ0n) is 7.37. The molecule has 1 aromatic rings. The number of nitrogens with zero attached hydrogens (tertiary/aromatic N) is 2. The summed E-state index contributed by atoms with van der Waals surface area (Å²) in [5.74, 6) is 0.709. The average Bonchev–Trinajstić information content (AvgIpc) is 2.47. The third-order valence-corrected chi connectivity index (χ3v) is 2.37. The van der Waals surface area contributed by atoms with E-state index in [2.05, 4.69) is 9.98 Å². The Morgan fingerprint density at radius 3 is 3.00 bits per heavy atom. The van der Waals surface area contributed by atoms with Crippen molar-refractivity contribution in [1.82, 2.24) is 4.98 Å². The highest BCUT2D eigenvalue weighted by molar-refractivity contribution is 7.11. The smallest absolute Gasteiger partial charge is 0.0938 e. The van der Waals surface area contributed by atoms with E-state index in [1.54, 1.807) is 11.3 Å². The van der Waals surface area contributed by atoms with Gasteiger partial charge in [-0.2, -0.15) is 0 Å². The molecule has 1 heterocycles. The molecule has 66 valence electrons. The number of thiazole rings is 1. The summed E-state index contributed by atoms with van der Waals surface area (Å²) < 4.78 is 0. The number of aliphatic imine (C=N–C) groups is 1. The van der Waals surface area contributed by atoms with Crippen LogP contribution in [0.1, 0.15) is 23.2 Å². The van der Waals surface area contributed by atoms with Gasteiger partial charge in [0.15, 0.2) is 0 Å². The predicted molar refractivity (Wildman–Crippen MR) is 52.5 cm³/mol. The molecule has 0 fully saturated rings. The first-order valence-corrected chi connectivity index (χ1v) is 4.74. The van der Waals surface area contributed by atoms with Crippen molar-refractivity contribution < 1.29 is 0 Å². The summed E-state index contributed by atoms with van der Waals surface area (Å²) in [5, 5.41) is 1.08. The maximum Gasteiger partial charge on any atom is 0.0938 e. The Bertz CT molecular complexity index is 278. The van der Waals surface area contributed by atoms with Gasteiger partial charge in [0.1, 0.15) is 0 Å². The van der Waals surface area contributed by atoms with Crippen molar-refractivity contribution in [2.45, 2.75) is 26.8 Å². The molecule has 0 spiro atoms. The molecule has 0 amide bonds. The van der Waals surface area contributed by atoms with Crippen LogP contribution in [0.4, 0.5) is 0 Å². The van der Waals surface area contributed by atoms with Crippen LogP contribution in [0.2, 0.25) is 0 Å². The van der Waals surface area contributed by atoms with E-state index in [1.165, 1.54) is 4.88 Å². The summed E-state index contributed by atoms with van der Waals surface area (Å²) in [6.45, 7) is 4.66. The first-order valence-electron chi connectivity index (χ1n) is 3.92. The van der Waals surface area contributed by atoms with Gasteiger partial charge in [0.05, 0.1) is 17.4 Å². The third-order valence-electron chi connectivity index (χ3n) is 1.47. The standard InChI is InChI=1S/C8H13N3S/c1-3-8(9)11-5-7-4-10-6(2)12-7/h4H,3,5H2,1-2H3,(H2,9,11). The number of amidine groups is 1. The Kier molecular flexibility index (Phi) is 3.22. The predicted octanol–water partition coefficient (Wildman–Crippen LogP) is 1.72. The highest BCUT2D eigenvalue weighted by Crippen LogP contribution is 2.12. The van der Waals surface area contributed by atoms with Crippen molar-refractivity contribution in [3.8, 4) is 0 Å². The van der Waals surface area contributed by atoms with E-state index in [1.807, 2.05) is 20.0 Å². The summed E-state index contributed by atoms with van der Waals surface area (Å²) in [5.41, 5.74) is 5.56. The summed E-state index contributed by atoms with van der Waals surface area (Å²) in [6, 6.07) is 0. The molecule has 12 heavy (non-hydrogen) atoms.